The molecule has 0 radical (unpaired) electrons. The van der Waals surface area contributed by atoms with E-state index < -0.39 is 0 Å². The number of benzene rings is 1. The zero-order chi connectivity index (χ0) is 11.4. The fourth-order valence-corrected chi connectivity index (χ4v) is 1.64. The molecule has 0 aliphatic rings. The normalized spacial score (nSPS) is 10.4. The SMILES string of the molecule is CNCc1ccc(F)c(-c2ccncc2)c1. The molecule has 0 aliphatic carbocycles. The Morgan fingerprint density at radius 3 is 2.62 bits per heavy atom. The molecule has 82 valence electrons. The van der Waals surface area contributed by atoms with Crippen molar-refractivity contribution in [1.29, 1.82) is 0 Å². The smallest absolute Gasteiger partial charge is 0.131 e. The molecule has 0 fully saturated rings. The van der Waals surface area contributed by atoms with Crippen molar-refractivity contribution in [2.45, 2.75) is 6.54 Å². The minimum atomic E-state index is -0.203. The lowest BCUT2D eigenvalue weighted by Gasteiger charge is -2.06. The summed E-state index contributed by atoms with van der Waals surface area (Å²) in [5.41, 5.74) is 2.54. The molecule has 1 aromatic carbocycles. The molecule has 0 aliphatic heterocycles. The summed E-state index contributed by atoms with van der Waals surface area (Å²) in [7, 11) is 1.87. The lowest BCUT2D eigenvalue weighted by molar-refractivity contribution is 0.630. The number of nitrogens with zero attached hydrogens (tertiary/aromatic N) is 1. The minimum Gasteiger partial charge on any atom is -0.316 e. The molecule has 1 aromatic heterocycles. The standard InChI is InChI=1S/C13H13FN2/c1-15-9-10-2-3-13(14)12(8-10)11-4-6-16-7-5-11/h2-8,15H,9H2,1H3. The van der Waals surface area contributed by atoms with Gasteiger partial charge < -0.3 is 5.32 Å². The molecule has 1 heterocycles. The predicted octanol–water partition coefficient (Wildman–Crippen LogP) is 2.61. The Balaban J connectivity index is 2.43. The van der Waals surface area contributed by atoms with Crippen molar-refractivity contribution in [2.24, 2.45) is 0 Å². The second kappa shape index (κ2) is 4.86. The van der Waals surface area contributed by atoms with Gasteiger partial charge in [0.1, 0.15) is 5.82 Å². The Labute approximate surface area is 94.2 Å². The third kappa shape index (κ3) is 2.25. The highest BCUT2D eigenvalue weighted by Gasteiger charge is 2.05. The minimum absolute atomic E-state index is 0.203. The van der Waals surface area contributed by atoms with Crippen molar-refractivity contribution >= 4 is 0 Å². The molecular weight excluding hydrogens is 203 g/mol. The van der Waals surface area contributed by atoms with Crippen LogP contribution in [0.2, 0.25) is 0 Å². The maximum Gasteiger partial charge on any atom is 0.131 e. The van der Waals surface area contributed by atoms with Gasteiger partial charge in [-0.2, -0.15) is 0 Å². The Hall–Kier alpha value is -1.74. The Morgan fingerprint density at radius 1 is 1.19 bits per heavy atom. The molecule has 1 N–H and O–H groups in total. The second-order valence-corrected chi connectivity index (χ2v) is 3.58. The largest absolute Gasteiger partial charge is 0.316 e. The van der Waals surface area contributed by atoms with Gasteiger partial charge >= 0.3 is 0 Å². The molecule has 0 saturated heterocycles. The molecule has 0 unspecified atom stereocenters. The average Bonchev–Trinajstić information content (AvgIpc) is 2.33. The predicted molar refractivity (Wildman–Crippen MR) is 62.4 cm³/mol. The molecule has 2 rings (SSSR count). The van der Waals surface area contributed by atoms with Gasteiger partial charge in [-0.15, -0.1) is 0 Å². The Morgan fingerprint density at radius 2 is 1.94 bits per heavy atom. The summed E-state index contributed by atoms with van der Waals surface area (Å²) in [4.78, 5) is 3.92. The highest BCUT2D eigenvalue weighted by molar-refractivity contribution is 5.64. The number of hydrogen-bond acceptors (Lipinski definition) is 2. The molecule has 2 nitrogen and oxygen atoms in total. The van der Waals surface area contributed by atoms with Crippen molar-refractivity contribution in [3.8, 4) is 11.1 Å². The molecule has 2 aromatic rings. The summed E-state index contributed by atoms with van der Waals surface area (Å²) in [6.07, 6.45) is 3.33. The third-order valence-corrected chi connectivity index (χ3v) is 2.40. The van der Waals surface area contributed by atoms with E-state index in [0.29, 0.717) is 5.56 Å². The van der Waals surface area contributed by atoms with Crippen molar-refractivity contribution in [3.63, 3.8) is 0 Å². The number of halogens is 1. The van der Waals surface area contributed by atoms with E-state index in [1.807, 2.05) is 25.2 Å². The Bertz CT molecular complexity index is 469. The van der Waals surface area contributed by atoms with Gasteiger partial charge in [-0.3, -0.25) is 4.98 Å². The van der Waals surface area contributed by atoms with Gasteiger partial charge in [-0.05, 0) is 42.4 Å². The van der Waals surface area contributed by atoms with Gasteiger partial charge in [0, 0.05) is 24.5 Å². The third-order valence-electron chi connectivity index (χ3n) is 2.40. The summed E-state index contributed by atoms with van der Waals surface area (Å²) in [6, 6.07) is 8.77. The Kier molecular flexibility index (Phi) is 3.27. The number of hydrogen-bond donors (Lipinski definition) is 1. The van der Waals surface area contributed by atoms with Gasteiger partial charge in [0.05, 0.1) is 0 Å². The first-order valence-electron chi connectivity index (χ1n) is 5.14. The van der Waals surface area contributed by atoms with Crippen LogP contribution in [-0.2, 0) is 6.54 Å². The highest BCUT2D eigenvalue weighted by Crippen LogP contribution is 2.23. The van der Waals surface area contributed by atoms with E-state index in [-0.39, 0.29) is 5.82 Å². The maximum absolute atomic E-state index is 13.7. The first-order valence-corrected chi connectivity index (χ1v) is 5.14. The summed E-state index contributed by atoms with van der Waals surface area (Å²) in [5, 5.41) is 3.05. The molecule has 0 amide bonds. The maximum atomic E-state index is 13.7. The number of rotatable bonds is 3. The van der Waals surface area contributed by atoms with Gasteiger partial charge in [0.25, 0.3) is 0 Å². The van der Waals surface area contributed by atoms with Crippen molar-refractivity contribution < 1.29 is 4.39 Å². The van der Waals surface area contributed by atoms with Gasteiger partial charge in [-0.1, -0.05) is 6.07 Å². The van der Waals surface area contributed by atoms with Gasteiger partial charge in [0.2, 0.25) is 0 Å². The van der Waals surface area contributed by atoms with E-state index >= 15 is 0 Å². The average molecular weight is 216 g/mol. The fraction of sp³-hybridized carbons (Fsp3) is 0.154. The topological polar surface area (TPSA) is 24.9 Å². The van der Waals surface area contributed by atoms with Crippen molar-refractivity contribution in [3.05, 3.63) is 54.1 Å². The first-order chi connectivity index (χ1) is 7.81. The van der Waals surface area contributed by atoms with Crippen LogP contribution in [0.15, 0.2) is 42.7 Å². The van der Waals surface area contributed by atoms with Crippen LogP contribution in [0, 0.1) is 5.82 Å². The second-order valence-electron chi connectivity index (χ2n) is 3.58. The van der Waals surface area contributed by atoms with Crippen LogP contribution >= 0.6 is 0 Å². The first kappa shape index (κ1) is 10.8. The summed E-state index contributed by atoms with van der Waals surface area (Å²) in [5.74, 6) is -0.203. The molecule has 3 heteroatoms. The zero-order valence-electron chi connectivity index (χ0n) is 9.07. The number of nitrogens with one attached hydrogen (secondary N) is 1. The van der Waals surface area contributed by atoms with Crippen LogP contribution < -0.4 is 5.32 Å². The fourth-order valence-electron chi connectivity index (χ4n) is 1.64. The lowest BCUT2D eigenvalue weighted by atomic mass is 10.0. The molecule has 0 bridgehead atoms. The molecule has 0 atom stereocenters. The van der Waals surface area contributed by atoms with E-state index in [0.717, 1.165) is 17.7 Å². The highest BCUT2D eigenvalue weighted by atomic mass is 19.1. The van der Waals surface area contributed by atoms with Crippen molar-refractivity contribution in [1.82, 2.24) is 10.3 Å². The van der Waals surface area contributed by atoms with E-state index in [2.05, 4.69) is 10.3 Å². The summed E-state index contributed by atoms with van der Waals surface area (Å²) >= 11 is 0. The van der Waals surface area contributed by atoms with Crippen LogP contribution in [0.25, 0.3) is 11.1 Å². The monoisotopic (exact) mass is 216 g/mol. The van der Waals surface area contributed by atoms with Crippen LogP contribution in [0.4, 0.5) is 4.39 Å². The summed E-state index contributed by atoms with van der Waals surface area (Å²) in [6.45, 7) is 0.734. The quantitative estimate of drug-likeness (QED) is 0.853. The van der Waals surface area contributed by atoms with Crippen LogP contribution in [0.5, 0.6) is 0 Å². The number of pyridine rings is 1. The molecule has 0 spiro atoms. The van der Waals surface area contributed by atoms with Gasteiger partial charge in [0.15, 0.2) is 0 Å². The lowest BCUT2D eigenvalue weighted by Crippen LogP contribution is -2.05. The van der Waals surface area contributed by atoms with Gasteiger partial charge in [-0.25, -0.2) is 4.39 Å². The van der Waals surface area contributed by atoms with Crippen LogP contribution in [0.1, 0.15) is 5.56 Å². The van der Waals surface area contributed by atoms with E-state index in [1.54, 1.807) is 18.5 Å². The molecule has 0 saturated carbocycles. The van der Waals surface area contributed by atoms with Crippen molar-refractivity contribution in [2.75, 3.05) is 7.05 Å². The van der Waals surface area contributed by atoms with Crippen LogP contribution in [0.3, 0.4) is 0 Å². The van der Waals surface area contributed by atoms with E-state index in [4.69, 9.17) is 0 Å². The molecular formula is C13H13FN2. The summed E-state index contributed by atoms with van der Waals surface area (Å²) < 4.78 is 13.7. The molecule has 16 heavy (non-hydrogen) atoms. The van der Waals surface area contributed by atoms with E-state index in [9.17, 15) is 4.39 Å². The zero-order valence-corrected chi connectivity index (χ0v) is 9.07. The van der Waals surface area contributed by atoms with Crippen LogP contribution in [-0.4, -0.2) is 12.0 Å². The van der Waals surface area contributed by atoms with E-state index in [1.165, 1.54) is 6.07 Å². The number of aromatic nitrogens is 1.